The Bertz CT molecular complexity index is 662. The molecule has 7 heteroatoms. The monoisotopic (exact) mass is 361 g/mol. The van der Waals surface area contributed by atoms with Crippen LogP contribution in [-0.2, 0) is 19.1 Å². The first kappa shape index (κ1) is 19.9. The number of ether oxygens (including phenoxy) is 1. The fourth-order valence-electron chi connectivity index (χ4n) is 3.34. The van der Waals surface area contributed by atoms with E-state index in [9.17, 15) is 14.4 Å². The van der Waals surface area contributed by atoms with Crippen LogP contribution in [0.3, 0.4) is 0 Å². The van der Waals surface area contributed by atoms with E-state index in [0.717, 1.165) is 11.1 Å². The molecule has 0 unspecified atom stereocenters. The number of carbonyl (C=O) groups is 3. The molecule has 0 aliphatic carbocycles. The Hall–Kier alpha value is -2.41. The van der Waals surface area contributed by atoms with Gasteiger partial charge in [0, 0.05) is 40.1 Å². The standard InChI is InChI=1S/C19H27N3O4/c1-13-6-4-5-7-15(13)18-16(12-17(24)22(18)10-11-26-3)19(25)21-9-8-20-14(2)23/h4-7,16,18H,8-12H2,1-3H3,(H,20,23)(H,21,25)/t16-,18+/m1/s1. The molecule has 1 aromatic carbocycles. The van der Waals surface area contributed by atoms with Crippen LogP contribution in [0.4, 0.5) is 0 Å². The van der Waals surface area contributed by atoms with Crippen LogP contribution in [0, 0.1) is 12.8 Å². The number of likely N-dealkylation sites (tertiary alicyclic amines) is 1. The Morgan fingerprint density at radius 1 is 1.23 bits per heavy atom. The summed E-state index contributed by atoms with van der Waals surface area (Å²) in [7, 11) is 1.59. The molecule has 0 radical (unpaired) electrons. The molecule has 2 rings (SSSR count). The molecular formula is C19H27N3O4. The fraction of sp³-hybridized carbons (Fsp3) is 0.526. The summed E-state index contributed by atoms with van der Waals surface area (Å²) >= 11 is 0. The van der Waals surface area contributed by atoms with Crippen LogP contribution < -0.4 is 10.6 Å². The molecule has 0 spiro atoms. The van der Waals surface area contributed by atoms with Crippen molar-refractivity contribution in [3.8, 4) is 0 Å². The average Bonchev–Trinajstić information content (AvgIpc) is 2.93. The van der Waals surface area contributed by atoms with Gasteiger partial charge in [0.1, 0.15) is 0 Å². The number of carbonyl (C=O) groups excluding carboxylic acids is 3. The normalized spacial score (nSPS) is 19.5. The van der Waals surface area contributed by atoms with Crippen molar-refractivity contribution in [1.29, 1.82) is 0 Å². The molecule has 1 aliphatic heterocycles. The maximum atomic E-state index is 12.7. The van der Waals surface area contributed by atoms with Crippen molar-refractivity contribution < 1.29 is 19.1 Å². The van der Waals surface area contributed by atoms with Crippen LogP contribution in [0.5, 0.6) is 0 Å². The first-order valence-electron chi connectivity index (χ1n) is 8.81. The highest BCUT2D eigenvalue weighted by Crippen LogP contribution is 2.39. The van der Waals surface area contributed by atoms with Gasteiger partial charge in [0.05, 0.1) is 18.6 Å². The predicted octanol–water partition coefficient (Wildman–Crippen LogP) is 0.783. The minimum absolute atomic E-state index is 0.0442. The van der Waals surface area contributed by atoms with Gasteiger partial charge in [-0.05, 0) is 18.1 Å². The minimum Gasteiger partial charge on any atom is -0.383 e. The van der Waals surface area contributed by atoms with Crippen LogP contribution in [0.1, 0.15) is 30.5 Å². The summed E-state index contributed by atoms with van der Waals surface area (Å²) in [6.07, 6.45) is 0.175. The van der Waals surface area contributed by atoms with Crippen molar-refractivity contribution in [3.63, 3.8) is 0 Å². The second-order valence-corrected chi connectivity index (χ2v) is 6.47. The third-order valence-corrected chi connectivity index (χ3v) is 4.61. The number of nitrogens with one attached hydrogen (secondary N) is 2. The third kappa shape index (κ3) is 4.82. The van der Waals surface area contributed by atoms with Gasteiger partial charge in [-0.3, -0.25) is 14.4 Å². The average molecular weight is 361 g/mol. The van der Waals surface area contributed by atoms with E-state index in [1.54, 1.807) is 12.0 Å². The van der Waals surface area contributed by atoms with Crippen molar-refractivity contribution in [3.05, 3.63) is 35.4 Å². The van der Waals surface area contributed by atoms with E-state index in [1.807, 2.05) is 31.2 Å². The Balaban J connectivity index is 2.17. The van der Waals surface area contributed by atoms with Gasteiger partial charge in [-0.1, -0.05) is 24.3 Å². The lowest BCUT2D eigenvalue weighted by Gasteiger charge is -2.29. The van der Waals surface area contributed by atoms with Crippen LogP contribution >= 0.6 is 0 Å². The highest BCUT2D eigenvalue weighted by atomic mass is 16.5. The number of benzene rings is 1. The molecule has 7 nitrogen and oxygen atoms in total. The zero-order valence-electron chi connectivity index (χ0n) is 15.6. The first-order chi connectivity index (χ1) is 12.5. The number of aryl methyl sites for hydroxylation is 1. The van der Waals surface area contributed by atoms with Crippen LogP contribution in [0.25, 0.3) is 0 Å². The molecule has 1 fully saturated rings. The van der Waals surface area contributed by atoms with Crippen LogP contribution in [0.2, 0.25) is 0 Å². The second kappa shape index (κ2) is 9.33. The van der Waals surface area contributed by atoms with E-state index < -0.39 is 5.92 Å². The van der Waals surface area contributed by atoms with Crippen LogP contribution in [0.15, 0.2) is 24.3 Å². The van der Waals surface area contributed by atoms with E-state index >= 15 is 0 Å². The van der Waals surface area contributed by atoms with Crippen molar-refractivity contribution in [2.45, 2.75) is 26.3 Å². The van der Waals surface area contributed by atoms with E-state index in [4.69, 9.17) is 4.74 Å². The summed E-state index contributed by atoms with van der Waals surface area (Å²) in [5.41, 5.74) is 2.03. The molecule has 1 aliphatic rings. The Morgan fingerprint density at radius 2 is 1.92 bits per heavy atom. The number of nitrogens with zero attached hydrogens (tertiary/aromatic N) is 1. The number of amides is 3. The van der Waals surface area contributed by atoms with E-state index in [-0.39, 0.29) is 30.2 Å². The Morgan fingerprint density at radius 3 is 2.58 bits per heavy atom. The minimum atomic E-state index is -0.460. The summed E-state index contributed by atoms with van der Waals surface area (Å²) in [6, 6.07) is 7.51. The lowest BCUT2D eigenvalue weighted by Crippen LogP contribution is -2.39. The van der Waals surface area contributed by atoms with Gasteiger partial charge in [0.25, 0.3) is 0 Å². The molecule has 1 aromatic rings. The van der Waals surface area contributed by atoms with Gasteiger partial charge < -0.3 is 20.3 Å². The van der Waals surface area contributed by atoms with Gasteiger partial charge in [-0.15, -0.1) is 0 Å². The zero-order chi connectivity index (χ0) is 19.1. The van der Waals surface area contributed by atoms with Crippen LogP contribution in [-0.4, -0.2) is 56.0 Å². The molecule has 1 saturated heterocycles. The highest BCUT2D eigenvalue weighted by molar-refractivity contribution is 5.90. The van der Waals surface area contributed by atoms with E-state index in [0.29, 0.717) is 26.2 Å². The molecule has 0 bridgehead atoms. The molecule has 2 atom stereocenters. The maximum absolute atomic E-state index is 12.7. The van der Waals surface area contributed by atoms with Crippen molar-refractivity contribution in [1.82, 2.24) is 15.5 Å². The fourth-order valence-corrected chi connectivity index (χ4v) is 3.34. The first-order valence-corrected chi connectivity index (χ1v) is 8.81. The molecule has 0 aromatic heterocycles. The molecule has 142 valence electrons. The maximum Gasteiger partial charge on any atom is 0.226 e. The lowest BCUT2D eigenvalue weighted by molar-refractivity contribution is -0.129. The molecule has 3 amide bonds. The quantitative estimate of drug-likeness (QED) is 0.670. The Kier molecular flexibility index (Phi) is 7.15. The van der Waals surface area contributed by atoms with Gasteiger partial charge in [0.15, 0.2) is 0 Å². The predicted molar refractivity (Wildman–Crippen MR) is 97.3 cm³/mol. The lowest BCUT2D eigenvalue weighted by atomic mass is 9.90. The second-order valence-electron chi connectivity index (χ2n) is 6.47. The number of hydrogen-bond acceptors (Lipinski definition) is 4. The molecule has 1 heterocycles. The van der Waals surface area contributed by atoms with E-state index in [2.05, 4.69) is 10.6 Å². The summed E-state index contributed by atoms with van der Waals surface area (Å²) in [5, 5.41) is 5.47. The van der Waals surface area contributed by atoms with Crippen molar-refractivity contribution >= 4 is 17.7 Å². The number of methoxy groups -OCH3 is 1. The van der Waals surface area contributed by atoms with Gasteiger partial charge in [-0.25, -0.2) is 0 Å². The van der Waals surface area contributed by atoms with Gasteiger partial charge in [0.2, 0.25) is 17.7 Å². The zero-order valence-corrected chi connectivity index (χ0v) is 15.6. The highest BCUT2D eigenvalue weighted by Gasteiger charge is 2.44. The largest absolute Gasteiger partial charge is 0.383 e. The number of hydrogen-bond donors (Lipinski definition) is 2. The van der Waals surface area contributed by atoms with E-state index in [1.165, 1.54) is 6.92 Å². The smallest absolute Gasteiger partial charge is 0.226 e. The summed E-state index contributed by atoms with van der Waals surface area (Å²) < 4.78 is 5.13. The molecular weight excluding hydrogens is 334 g/mol. The summed E-state index contributed by atoms with van der Waals surface area (Å²) in [5.74, 6) is -0.814. The van der Waals surface area contributed by atoms with Gasteiger partial charge in [-0.2, -0.15) is 0 Å². The molecule has 2 N–H and O–H groups in total. The topological polar surface area (TPSA) is 87.7 Å². The molecule has 26 heavy (non-hydrogen) atoms. The van der Waals surface area contributed by atoms with Crippen molar-refractivity contribution in [2.24, 2.45) is 5.92 Å². The number of rotatable bonds is 8. The van der Waals surface area contributed by atoms with Gasteiger partial charge >= 0.3 is 0 Å². The summed E-state index contributed by atoms with van der Waals surface area (Å²) in [4.78, 5) is 37.9. The summed E-state index contributed by atoms with van der Waals surface area (Å²) in [6.45, 7) is 4.98. The third-order valence-electron chi connectivity index (χ3n) is 4.61. The van der Waals surface area contributed by atoms with Crippen molar-refractivity contribution in [2.75, 3.05) is 33.4 Å². The SMILES string of the molecule is COCCN1C(=O)C[C@@H](C(=O)NCCNC(C)=O)[C@@H]1c1ccccc1C. The Labute approximate surface area is 154 Å². The molecule has 0 saturated carbocycles.